The monoisotopic (exact) mass is 465 g/mol. The number of aromatic nitrogens is 1. The van der Waals surface area contributed by atoms with E-state index in [1.807, 2.05) is 54.7 Å². The van der Waals surface area contributed by atoms with Gasteiger partial charge in [-0.3, -0.25) is 4.79 Å². The Morgan fingerprint density at radius 2 is 2.06 bits per heavy atom. The van der Waals surface area contributed by atoms with E-state index in [4.69, 9.17) is 16.1 Å². The van der Waals surface area contributed by atoms with Gasteiger partial charge in [-0.05, 0) is 74.1 Å². The van der Waals surface area contributed by atoms with Crippen molar-refractivity contribution in [1.82, 2.24) is 4.98 Å². The van der Waals surface area contributed by atoms with Crippen LogP contribution in [0.3, 0.4) is 0 Å². The molecule has 1 aromatic heterocycles. The van der Waals surface area contributed by atoms with Crippen LogP contribution >= 0.6 is 0 Å². The van der Waals surface area contributed by atoms with Gasteiger partial charge in [0, 0.05) is 11.9 Å². The van der Waals surface area contributed by atoms with Crippen LogP contribution in [0.4, 0.5) is 17.2 Å². The van der Waals surface area contributed by atoms with Crippen molar-refractivity contribution >= 4 is 23.1 Å². The van der Waals surface area contributed by atoms with Crippen LogP contribution in [0.2, 0.25) is 0 Å². The van der Waals surface area contributed by atoms with E-state index in [9.17, 15) is 4.79 Å². The van der Waals surface area contributed by atoms with Crippen molar-refractivity contribution < 1.29 is 9.53 Å². The molecule has 2 aromatic carbocycles. The van der Waals surface area contributed by atoms with E-state index in [0.717, 1.165) is 54.9 Å². The van der Waals surface area contributed by atoms with Gasteiger partial charge in [-0.2, -0.15) is 0 Å². The third-order valence-corrected chi connectivity index (χ3v) is 7.21. The summed E-state index contributed by atoms with van der Waals surface area (Å²) in [6, 6.07) is 17.9. The zero-order chi connectivity index (χ0) is 24.4. The number of benzene rings is 2. The normalized spacial score (nSPS) is 18.0. The molecule has 5 heteroatoms. The standard InChI is InChI=1S/C30H31N3O2/c1-4-18-30(3,5-2)22-14-16-23(17-15-22)32-29(34)25-12-7-13-26-27(25)35-20-24-11-6-9-21-10-8-19-31-28(21)33(24)26/h2,7-8,10,12-17,19,24H,4,6,9,11,18,20H2,1,3H3,(H,32,34). The van der Waals surface area contributed by atoms with Gasteiger partial charge in [0.15, 0.2) is 5.75 Å². The van der Waals surface area contributed by atoms with E-state index in [2.05, 4.69) is 36.1 Å². The smallest absolute Gasteiger partial charge is 0.259 e. The number of hydrogen-bond donors (Lipinski definition) is 1. The third-order valence-electron chi connectivity index (χ3n) is 7.21. The number of pyridine rings is 1. The number of carbonyl (C=O) groups excluding carboxylic acids is 1. The second kappa shape index (κ2) is 9.46. The fraction of sp³-hybridized carbons (Fsp3) is 0.333. The lowest BCUT2D eigenvalue weighted by atomic mass is 9.79. The van der Waals surface area contributed by atoms with Gasteiger partial charge in [0.25, 0.3) is 5.91 Å². The van der Waals surface area contributed by atoms with Crippen LogP contribution in [0.25, 0.3) is 0 Å². The molecule has 0 radical (unpaired) electrons. The van der Waals surface area contributed by atoms with Crippen molar-refractivity contribution in [2.24, 2.45) is 0 Å². The lowest BCUT2D eigenvalue weighted by Gasteiger charge is -2.38. The number of fused-ring (bicyclic) bond motifs is 5. The summed E-state index contributed by atoms with van der Waals surface area (Å²) in [6.45, 7) is 4.75. The first-order valence-corrected chi connectivity index (χ1v) is 12.4. The molecule has 3 heterocycles. The summed E-state index contributed by atoms with van der Waals surface area (Å²) in [6.07, 6.45) is 12.7. The van der Waals surface area contributed by atoms with Gasteiger partial charge < -0.3 is 15.0 Å². The number of aryl methyl sites for hydroxylation is 1. The molecule has 0 bridgehead atoms. The first-order valence-electron chi connectivity index (χ1n) is 12.4. The first-order chi connectivity index (χ1) is 17.0. The highest BCUT2D eigenvalue weighted by molar-refractivity contribution is 6.07. The van der Waals surface area contributed by atoms with Crippen molar-refractivity contribution in [2.45, 2.75) is 57.4 Å². The average Bonchev–Trinajstić information content (AvgIpc) is 3.08. The van der Waals surface area contributed by atoms with Crippen LogP contribution in [-0.2, 0) is 11.8 Å². The molecule has 35 heavy (non-hydrogen) atoms. The zero-order valence-corrected chi connectivity index (χ0v) is 20.4. The Labute approximate surface area is 207 Å². The highest BCUT2D eigenvalue weighted by Crippen LogP contribution is 2.44. The number of hydrogen-bond acceptors (Lipinski definition) is 4. The summed E-state index contributed by atoms with van der Waals surface area (Å²) in [5.74, 6) is 4.32. The maximum absolute atomic E-state index is 13.3. The van der Waals surface area contributed by atoms with Crippen LogP contribution in [0.5, 0.6) is 5.75 Å². The Morgan fingerprint density at radius 3 is 2.83 bits per heavy atom. The first kappa shape index (κ1) is 23.0. The van der Waals surface area contributed by atoms with Crippen LogP contribution in [0, 0.1) is 12.3 Å². The summed E-state index contributed by atoms with van der Waals surface area (Å²) in [4.78, 5) is 20.3. The number of rotatable bonds is 5. The summed E-state index contributed by atoms with van der Waals surface area (Å²) < 4.78 is 6.21. The SMILES string of the molecule is C#CC(C)(CCC)c1ccc(NC(=O)c2cccc3c2OCC2CCCc4cccnc4N32)cc1. The van der Waals surface area contributed by atoms with Crippen molar-refractivity contribution in [2.75, 3.05) is 16.8 Å². The Bertz CT molecular complexity index is 1280. The molecule has 178 valence electrons. The van der Waals surface area contributed by atoms with Crippen LogP contribution in [0.15, 0.2) is 60.8 Å². The number of ether oxygens (including phenoxy) is 1. The van der Waals surface area contributed by atoms with E-state index in [1.165, 1.54) is 5.56 Å². The molecule has 5 nitrogen and oxygen atoms in total. The lowest BCUT2D eigenvalue weighted by Crippen LogP contribution is -2.40. The molecule has 0 fully saturated rings. The van der Waals surface area contributed by atoms with Gasteiger partial charge in [0.2, 0.25) is 0 Å². The third kappa shape index (κ3) is 4.25. The molecule has 2 aliphatic rings. The second-order valence-electron chi connectivity index (χ2n) is 9.62. The molecule has 0 aliphatic carbocycles. The minimum Gasteiger partial charge on any atom is -0.488 e. The van der Waals surface area contributed by atoms with E-state index in [1.54, 1.807) is 0 Å². The van der Waals surface area contributed by atoms with Crippen molar-refractivity contribution in [1.29, 1.82) is 0 Å². The number of nitrogens with zero attached hydrogens (tertiary/aromatic N) is 2. The van der Waals surface area contributed by atoms with Crippen LogP contribution in [0.1, 0.15) is 61.0 Å². The molecule has 2 aliphatic heterocycles. The summed E-state index contributed by atoms with van der Waals surface area (Å²) in [5, 5.41) is 3.04. The quantitative estimate of drug-likeness (QED) is 0.452. The number of nitrogens with one attached hydrogen (secondary N) is 1. The highest BCUT2D eigenvalue weighted by atomic mass is 16.5. The summed E-state index contributed by atoms with van der Waals surface area (Å²) in [5.41, 5.74) is 4.15. The van der Waals surface area contributed by atoms with Crippen molar-refractivity contribution in [3.63, 3.8) is 0 Å². The molecule has 0 saturated carbocycles. The molecule has 1 N–H and O–H groups in total. The lowest BCUT2D eigenvalue weighted by molar-refractivity contribution is 0.102. The average molecular weight is 466 g/mol. The van der Waals surface area contributed by atoms with E-state index in [0.29, 0.717) is 17.9 Å². The van der Waals surface area contributed by atoms with Gasteiger partial charge in [0.05, 0.1) is 22.7 Å². The van der Waals surface area contributed by atoms with Crippen LogP contribution < -0.4 is 15.0 Å². The molecule has 1 amide bonds. The molecule has 0 spiro atoms. The fourth-order valence-electron chi connectivity index (χ4n) is 5.29. The van der Waals surface area contributed by atoms with Gasteiger partial charge in [0.1, 0.15) is 12.4 Å². The zero-order valence-electron chi connectivity index (χ0n) is 20.4. The Hall–Kier alpha value is -3.78. The molecule has 2 atom stereocenters. The summed E-state index contributed by atoms with van der Waals surface area (Å²) in [7, 11) is 0. The fourth-order valence-corrected chi connectivity index (χ4v) is 5.29. The molecule has 3 aromatic rings. The maximum Gasteiger partial charge on any atom is 0.259 e. The maximum atomic E-state index is 13.3. The highest BCUT2D eigenvalue weighted by Gasteiger charge is 2.34. The number of amides is 1. The van der Waals surface area contributed by atoms with Gasteiger partial charge in [-0.15, -0.1) is 6.42 Å². The molecule has 5 rings (SSSR count). The Balaban J connectivity index is 1.43. The van der Waals surface area contributed by atoms with Crippen molar-refractivity contribution in [3.05, 3.63) is 77.5 Å². The molecular weight excluding hydrogens is 434 g/mol. The van der Waals surface area contributed by atoms with Gasteiger partial charge in [-0.25, -0.2) is 4.98 Å². The van der Waals surface area contributed by atoms with Gasteiger partial charge >= 0.3 is 0 Å². The Kier molecular flexibility index (Phi) is 6.21. The molecular formula is C30H31N3O2. The topological polar surface area (TPSA) is 54.5 Å². The number of carbonyl (C=O) groups is 1. The van der Waals surface area contributed by atoms with E-state index in [-0.39, 0.29) is 17.4 Å². The Morgan fingerprint density at radius 1 is 1.23 bits per heavy atom. The minimum atomic E-state index is -0.308. The van der Waals surface area contributed by atoms with Crippen molar-refractivity contribution in [3.8, 4) is 18.1 Å². The largest absolute Gasteiger partial charge is 0.488 e. The number of para-hydroxylation sites is 1. The van der Waals surface area contributed by atoms with E-state index >= 15 is 0 Å². The predicted octanol–water partition coefficient (Wildman–Crippen LogP) is 6.26. The van der Waals surface area contributed by atoms with E-state index < -0.39 is 0 Å². The number of anilines is 3. The van der Waals surface area contributed by atoms with Gasteiger partial charge in [-0.1, -0.05) is 43.5 Å². The number of terminal acetylenes is 1. The molecule has 2 unspecified atom stereocenters. The molecule has 0 saturated heterocycles. The summed E-state index contributed by atoms with van der Waals surface area (Å²) >= 11 is 0. The second-order valence-corrected chi connectivity index (χ2v) is 9.62. The predicted molar refractivity (Wildman–Crippen MR) is 141 cm³/mol. The minimum absolute atomic E-state index is 0.197. The van der Waals surface area contributed by atoms with Crippen LogP contribution in [-0.4, -0.2) is 23.5 Å².